The molecule has 0 aliphatic rings. The Morgan fingerprint density at radius 3 is 2.11 bits per heavy atom. The zero-order chi connectivity index (χ0) is 31.6. The van der Waals surface area contributed by atoms with E-state index in [-0.39, 0.29) is 17.3 Å². The Morgan fingerprint density at radius 2 is 1.41 bits per heavy atom. The lowest BCUT2D eigenvalue weighted by Crippen LogP contribution is -2.16. The number of ketones is 1. The molecule has 0 bridgehead atoms. The van der Waals surface area contributed by atoms with E-state index >= 15 is 0 Å². The summed E-state index contributed by atoms with van der Waals surface area (Å²) in [7, 11) is 4.59. The number of esters is 1. The van der Waals surface area contributed by atoms with E-state index in [1.54, 1.807) is 68.7 Å². The number of phenols is 1. The molecule has 224 valence electrons. The molecular weight excluding hydrogens is 556 g/mol. The molecule has 0 saturated heterocycles. The first-order valence-electron chi connectivity index (χ1n) is 13.8. The minimum Gasteiger partial charge on any atom is -0.504 e. The number of aromatic hydroxyl groups is 1. The second kappa shape index (κ2) is 14.6. The fourth-order valence-electron chi connectivity index (χ4n) is 4.40. The van der Waals surface area contributed by atoms with Gasteiger partial charge >= 0.3 is 5.97 Å². The van der Waals surface area contributed by atoms with Crippen LogP contribution in [-0.2, 0) is 9.59 Å². The number of rotatable bonds is 12. The fraction of sp³-hybridized carbons (Fsp3) is 0.135. The molecule has 44 heavy (non-hydrogen) atoms. The zero-order valence-corrected chi connectivity index (χ0v) is 25.1. The van der Waals surface area contributed by atoms with Crippen LogP contribution in [0.1, 0.15) is 29.5 Å². The number of carbonyl (C=O) groups excluding carboxylic acids is 2. The number of ether oxygens (including phenoxy) is 4. The van der Waals surface area contributed by atoms with Crippen molar-refractivity contribution in [2.24, 2.45) is 0 Å². The van der Waals surface area contributed by atoms with Crippen molar-refractivity contribution < 1.29 is 33.6 Å². The van der Waals surface area contributed by atoms with Gasteiger partial charge < -0.3 is 24.1 Å². The van der Waals surface area contributed by atoms with Gasteiger partial charge in [-0.05, 0) is 88.5 Å². The summed E-state index contributed by atoms with van der Waals surface area (Å²) >= 11 is 0. The van der Waals surface area contributed by atoms with Gasteiger partial charge in [0.2, 0.25) is 0 Å². The van der Waals surface area contributed by atoms with Crippen LogP contribution in [0.5, 0.6) is 28.7 Å². The number of phenolic OH excluding ortho intramolecular Hbond substituents is 1. The number of carbonyl (C=O) groups is 2. The summed E-state index contributed by atoms with van der Waals surface area (Å²) in [5, 5.41) is 11.8. The minimum absolute atomic E-state index is 0.0461. The van der Waals surface area contributed by atoms with Gasteiger partial charge in [0, 0.05) is 0 Å². The quantitative estimate of drug-likeness (QED) is 0.0783. The van der Waals surface area contributed by atoms with Crippen molar-refractivity contribution in [3.05, 3.63) is 126 Å². The van der Waals surface area contributed by atoms with Gasteiger partial charge in [0.05, 0.1) is 27.2 Å². The molecule has 0 saturated carbocycles. The van der Waals surface area contributed by atoms with Crippen molar-refractivity contribution in [3.8, 4) is 28.7 Å². The average molecular weight is 591 g/mol. The number of hydrogen-bond donors (Lipinski definition) is 1. The number of hydrogen-bond acceptors (Lipinski definition) is 7. The minimum atomic E-state index is -0.514. The van der Waals surface area contributed by atoms with Crippen molar-refractivity contribution in [2.75, 3.05) is 21.3 Å². The summed E-state index contributed by atoms with van der Waals surface area (Å²) in [5.41, 5.74) is 2.91. The van der Waals surface area contributed by atoms with Gasteiger partial charge in [-0.2, -0.15) is 0 Å². The van der Waals surface area contributed by atoms with E-state index in [1.807, 2.05) is 36.4 Å². The maximum atomic E-state index is 13.0. The lowest BCUT2D eigenvalue weighted by molar-refractivity contribution is -0.135. The third kappa shape index (κ3) is 7.83. The second-order valence-corrected chi connectivity index (χ2v) is 9.87. The van der Waals surface area contributed by atoms with Crippen LogP contribution < -0.4 is 18.9 Å². The fourth-order valence-corrected chi connectivity index (χ4v) is 4.40. The summed E-state index contributed by atoms with van der Waals surface area (Å²) in [6.07, 6.45) is 9.63. The van der Waals surface area contributed by atoms with Gasteiger partial charge in [-0.3, -0.25) is 9.59 Å². The van der Waals surface area contributed by atoms with Crippen molar-refractivity contribution >= 4 is 34.7 Å². The average Bonchev–Trinajstić information content (AvgIpc) is 3.05. The van der Waals surface area contributed by atoms with E-state index in [0.717, 1.165) is 27.6 Å². The molecule has 0 aliphatic carbocycles. The van der Waals surface area contributed by atoms with E-state index in [1.165, 1.54) is 32.4 Å². The van der Waals surface area contributed by atoms with E-state index in [2.05, 4.69) is 6.58 Å². The van der Waals surface area contributed by atoms with Crippen LogP contribution in [0.25, 0.3) is 22.9 Å². The monoisotopic (exact) mass is 590 g/mol. The number of methoxy groups -OCH3 is 3. The maximum absolute atomic E-state index is 13.0. The van der Waals surface area contributed by atoms with E-state index in [4.69, 9.17) is 18.9 Å². The lowest BCUT2D eigenvalue weighted by atomic mass is 9.98. The maximum Gasteiger partial charge on any atom is 0.318 e. The Bertz CT molecular complexity index is 1780. The molecule has 1 atom stereocenters. The van der Waals surface area contributed by atoms with Crippen molar-refractivity contribution in [3.63, 3.8) is 0 Å². The molecule has 0 aliphatic heterocycles. The molecule has 4 rings (SSSR count). The summed E-state index contributed by atoms with van der Waals surface area (Å²) in [5.74, 6) is 0.631. The van der Waals surface area contributed by atoms with Crippen molar-refractivity contribution in [2.45, 2.75) is 12.8 Å². The highest BCUT2D eigenvalue weighted by molar-refractivity contribution is 6.03. The molecule has 4 aromatic carbocycles. The van der Waals surface area contributed by atoms with E-state index < -0.39 is 11.9 Å². The Labute approximate surface area is 257 Å². The number of fused-ring (bicyclic) bond motifs is 1. The molecule has 0 radical (unpaired) electrons. The van der Waals surface area contributed by atoms with Gasteiger partial charge in [-0.15, -0.1) is 0 Å². The molecular formula is C37H34O7. The molecule has 0 heterocycles. The summed E-state index contributed by atoms with van der Waals surface area (Å²) in [4.78, 5) is 25.7. The van der Waals surface area contributed by atoms with Crippen LogP contribution in [-0.4, -0.2) is 38.2 Å². The molecule has 0 spiro atoms. The summed E-state index contributed by atoms with van der Waals surface area (Å²) in [6, 6.07) is 21.6. The Balaban J connectivity index is 1.42. The highest BCUT2D eigenvalue weighted by atomic mass is 16.6. The van der Waals surface area contributed by atoms with Gasteiger partial charge in [0.25, 0.3) is 0 Å². The second-order valence-electron chi connectivity index (χ2n) is 9.87. The molecule has 0 fully saturated rings. The molecule has 0 unspecified atom stereocenters. The normalized spacial score (nSPS) is 12.3. The summed E-state index contributed by atoms with van der Waals surface area (Å²) in [6.45, 7) is 5.57. The van der Waals surface area contributed by atoms with Crippen LogP contribution in [0.2, 0.25) is 0 Å². The number of allylic oxidation sites excluding steroid dienone is 5. The largest absolute Gasteiger partial charge is 0.504 e. The predicted molar refractivity (Wildman–Crippen MR) is 174 cm³/mol. The first-order valence-corrected chi connectivity index (χ1v) is 13.8. The van der Waals surface area contributed by atoms with Crippen LogP contribution in [0, 0.1) is 0 Å². The van der Waals surface area contributed by atoms with Gasteiger partial charge in [-0.25, -0.2) is 0 Å². The van der Waals surface area contributed by atoms with Crippen LogP contribution in [0.4, 0.5) is 0 Å². The van der Waals surface area contributed by atoms with Crippen LogP contribution in [0.3, 0.4) is 0 Å². The standard InChI is InChI=1S/C37H34O7/c1-6-25(7-8-26-10-17-33(39)35(20-26)42-4)19-31(38)15-9-27-11-18-34(36(21-27)43-5)44-37(40)24(2)28-12-13-30-23-32(41-3)16-14-29(30)22-28/h6-24,39H,1H2,2-5H3/b8-7+,15-9+,25-19+/t24-/m0/s1. The third-order valence-electron chi connectivity index (χ3n) is 6.98. The molecule has 1 N–H and O–H groups in total. The highest BCUT2D eigenvalue weighted by Gasteiger charge is 2.20. The van der Waals surface area contributed by atoms with Gasteiger partial charge in [0.15, 0.2) is 28.8 Å². The topological polar surface area (TPSA) is 91.3 Å². The lowest BCUT2D eigenvalue weighted by Gasteiger charge is -2.15. The first-order chi connectivity index (χ1) is 21.2. The van der Waals surface area contributed by atoms with Crippen LogP contribution in [0.15, 0.2) is 109 Å². The van der Waals surface area contributed by atoms with Crippen LogP contribution >= 0.6 is 0 Å². The third-order valence-corrected chi connectivity index (χ3v) is 6.98. The van der Waals surface area contributed by atoms with E-state index in [0.29, 0.717) is 22.6 Å². The summed E-state index contributed by atoms with van der Waals surface area (Å²) < 4.78 is 21.6. The first kappa shape index (κ1) is 31.4. The molecule has 7 nitrogen and oxygen atoms in total. The Morgan fingerprint density at radius 1 is 0.750 bits per heavy atom. The zero-order valence-electron chi connectivity index (χ0n) is 25.1. The highest BCUT2D eigenvalue weighted by Crippen LogP contribution is 2.32. The van der Waals surface area contributed by atoms with Crippen molar-refractivity contribution in [1.82, 2.24) is 0 Å². The van der Waals surface area contributed by atoms with Gasteiger partial charge in [0.1, 0.15) is 5.75 Å². The Hall–Kier alpha value is -5.56. The molecule has 4 aromatic rings. The van der Waals surface area contributed by atoms with Crippen molar-refractivity contribution in [1.29, 1.82) is 0 Å². The molecule has 7 heteroatoms. The van der Waals surface area contributed by atoms with E-state index in [9.17, 15) is 14.7 Å². The number of benzene rings is 4. The smallest absolute Gasteiger partial charge is 0.318 e. The molecule has 0 aromatic heterocycles. The van der Waals surface area contributed by atoms with Gasteiger partial charge in [-0.1, -0.05) is 67.3 Å². The SMILES string of the molecule is C=CC(/C=C/c1ccc(O)c(OC)c1)=C\C(=O)/C=C/c1ccc(OC(=O)[C@@H](C)c2ccc3cc(OC)ccc3c2)c(OC)c1. The Kier molecular flexibility index (Phi) is 10.4. The molecule has 0 amide bonds. The predicted octanol–water partition coefficient (Wildman–Crippen LogP) is 7.69.